The molecule has 0 radical (unpaired) electrons. The smallest absolute Gasteiger partial charge is 0.307 e. The van der Waals surface area contributed by atoms with Gasteiger partial charge in [0.05, 0.1) is 20.1 Å². The normalized spacial score (nSPS) is 9.76. The number of methoxy groups -OCH3 is 1. The summed E-state index contributed by atoms with van der Waals surface area (Å²) >= 11 is 1.30. The SMILES string of the molecule is CCOC(=O)CCNC(=O)c1sccc1OC. The van der Waals surface area contributed by atoms with Gasteiger partial charge in [0.2, 0.25) is 0 Å². The highest BCUT2D eigenvalue weighted by Gasteiger charge is 2.13. The van der Waals surface area contributed by atoms with Crippen molar-refractivity contribution in [2.24, 2.45) is 0 Å². The van der Waals surface area contributed by atoms with Crippen molar-refractivity contribution in [3.05, 3.63) is 16.3 Å². The number of thiophene rings is 1. The average Bonchev–Trinajstić information content (AvgIpc) is 2.77. The Hall–Kier alpha value is -1.56. The van der Waals surface area contributed by atoms with Crippen molar-refractivity contribution in [3.63, 3.8) is 0 Å². The number of esters is 1. The quantitative estimate of drug-likeness (QED) is 0.783. The van der Waals surface area contributed by atoms with Crippen molar-refractivity contribution in [2.75, 3.05) is 20.3 Å². The van der Waals surface area contributed by atoms with E-state index in [1.807, 2.05) is 0 Å². The number of amides is 1. The minimum Gasteiger partial charge on any atom is -0.495 e. The van der Waals surface area contributed by atoms with Crippen LogP contribution in [0.5, 0.6) is 5.75 Å². The summed E-state index contributed by atoms with van der Waals surface area (Å²) in [7, 11) is 1.51. The number of ether oxygens (including phenoxy) is 2. The molecule has 1 aromatic heterocycles. The molecule has 0 unspecified atom stereocenters. The molecule has 0 saturated carbocycles. The van der Waals surface area contributed by atoms with Gasteiger partial charge in [0, 0.05) is 6.54 Å². The van der Waals surface area contributed by atoms with E-state index in [2.05, 4.69) is 5.32 Å². The largest absolute Gasteiger partial charge is 0.495 e. The van der Waals surface area contributed by atoms with Gasteiger partial charge in [0.1, 0.15) is 10.6 Å². The van der Waals surface area contributed by atoms with Gasteiger partial charge in [-0.25, -0.2) is 0 Å². The van der Waals surface area contributed by atoms with Gasteiger partial charge in [-0.05, 0) is 18.4 Å². The molecule has 1 amide bonds. The van der Waals surface area contributed by atoms with E-state index in [1.54, 1.807) is 18.4 Å². The molecule has 0 bridgehead atoms. The maximum atomic E-state index is 11.7. The van der Waals surface area contributed by atoms with E-state index in [9.17, 15) is 9.59 Å². The van der Waals surface area contributed by atoms with Crippen molar-refractivity contribution in [1.82, 2.24) is 5.32 Å². The first-order valence-corrected chi connectivity index (χ1v) is 6.12. The summed E-state index contributed by atoms with van der Waals surface area (Å²) in [5.74, 6) is -0.00396. The maximum Gasteiger partial charge on any atom is 0.307 e. The summed E-state index contributed by atoms with van der Waals surface area (Å²) in [5, 5.41) is 4.42. The zero-order valence-corrected chi connectivity index (χ0v) is 10.6. The second kappa shape index (κ2) is 6.90. The Bertz CT molecular complexity index is 389. The van der Waals surface area contributed by atoms with Crippen molar-refractivity contribution in [3.8, 4) is 5.75 Å². The summed E-state index contributed by atoms with van der Waals surface area (Å²) in [6.45, 7) is 2.36. The molecule has 0 fully saturated rings. The highest BCUT2D eigenvalue weighted by molar-refractivity contribution is 7.12. The van der Waals surface area contributed by atoms with Gasteiger partial charge in [0.15, 0.2) is 0 Å². The third kappa shape index (κ3) is 4.07. The summed E-state index contributed by atoms with van der Waals surface area (Å²) in [5.41, 5.74) is 0. The van der Waals surface area contributed by atoms with Gasteiger partial charge in [0.25, 0.3) is 5.91 Å². The lowest BCUT2D eigenvalue weighted by atomic mass is 10.3. The minimum atomic E-state index is -0.314. The van der Waals surface area contributed by atoms with Crippen molar-refractivity contribution >= 4 is 23.2 Å². The summed E-state index contributed by atoms with van der Waals surface area (Å²) < 4.78 is 9.78. The molecule has 1 N–H and O–H groups in total. The predicted octanol–water partition coefficient (Wildman–Crippen LogP) is 1.44. The van der Waals surface area contributed by atoms with E-state index in [0.717, 1.165) is 0 Å². The van der Waals surface area contributed by atoms with E-state index in [4.69, 9.17) is 9.47 Å². The van der Waals surface area contributed by atoms with Gasteiger partial charge in [-0.1, -0.05) is 0 Å². The first-order valence-electron chi connectivity index (χ1n) is 5.24. The summed E-state index contributed by atoms with van der Waals surface area (Å²) in [6, 6.07) is 1.73. The van der Waals surface area contributed by atoms with Crippen LogP contribution < -0.4 is 10.1 Å². The molecule has 17 heavy (non-hydrogen) atoms. The molecule has 5 nitrogen and oxygen atoms in total. The van der Waals surface area contributed by atoms with Crippen LogP contribution in [0.3, 0.4) is 0 Å². The first-order chi connectivity index (χ1) is 8.19. The van der Waals surface area contributed by atoms with Crippen LogP contribution in [0.4, 0.5) is 0 Å². The number of hydrogen-bond donors (Lipinski definition) is 1. The Morgan fingerprint density at radius 1 is 1.47 bits per heavy atom. The lowest BCUT2D eigenvalue weighted by molar-refractivity contribution is -0.142. The van der Waals surface area contributed by atoms with Crippen LogP contribution in [0, 0.1) is 0 Å². The second-order valence-corrected chi connectivity index (χ2v) is 4.05. The molecule has 6 heteroatoms. The zero-order chi connectivity index (χ0) is 12.7. The van der Waals surface area contributed by atoms with E-state index in [0.29, 0.717) is 17.2 Å². The fourth-order valence-electron chi connectivity index (χ4n) is 1.22. The van der Waals surface area contributed by atoms with Crippen LogP contribution in [0.1, 0.15) is 23.0 Å². The monoisotopic (exact) mass is 257 g/mol. The lowest BCUT2D eigenvalue weighted by Gasteiger charge is -2.05. The van der Waals surface area contributed by atoms with E-state index in [-0.39, 0.29) is 24.8 Å². The van der Waals surface area contributed by atoms with Crippen molar-refractivity contribution < 1.29 is 19.1 Å². The first kappa shape index (κ1) is 13.5. The Labute approximate surface area is 104 Å². The van der Waals surface area contributed by atoms with Crippen LogP contribution in [-0.2, 0) is 9.53 Å². The molecular weight excluding hydrogens is 242 g/mol. The highest BCUT2D eigenvalue weighted by Crippen LogP contribution is 2.23. The zero-order valence-electron chi connectivity index (χ0n) is 9.82. The lowest BCUT2D eigenvalue weighted by Crippen LogP contribution is -2.26. The van der Waals surface area contributed by atoms with Crippen LogP contribution >= 0.6 is 11.3 Å². The fourth-order valence-corrected chi connectivity index (χ4v) is 1.99. The van der Waals surface area contributed by atoms with Gasteiger partial charge in [-0.3, -0.25) is 9.59 Å². The molecule has 1 aromatic rings. The van der Waals surface area contributed by atoms with Crippen LogP contribution in [0.2, 0.25) is 0 Å². The van der Waals surface area contributed by atoms with E-state index in [1.165, 1.54) is 18.4 Å². The average molecular weight is 257 g/mol. The van der Waals surface area contributed by atoms with E-state index < -0.39 is 0 Å². The summed E-state index contributed by atoms with van der Waals surface area (Å²) in [6.07, 6.45) is 0.174. The Morgan fingerprint density at radius 2 is 2.24 bits per heavy atom. The Kier molecular flexibility index (Phi) is 5.48. The van der Waals surface area contributed by atoms with Gasteiger partial charge >= 0.3 is 5.97 Å². The minimum absolute atomic E-state index is 0.174. The number of carbonyl (C=O) groups excluding carboxylic acids is 2. The van der Waals surface area contributed by atoms with Gasteiger partial charge < -0.3 is 14.8 Å². The Morgan fingerprint density at radius 3 is 2.88 bits per heavy atom. The third-order valence-electron chi connectivity index (χ3n) is 1.98. The van der Waals surface area contributed by atoms with Crippen LogP contribution in [-0.4, -0.2) is 32.1 Å². The number of nitrogens with one attached hydrogen (secondary N) is 1. The van der Waals surface area contributed by atoms with Crippen LogP contribution in [0.25, 0.3) is 0 Å². The topological polar surface area (TPSA) is 64.6 Å². The standard InChI is InChI=1S/C11H15NO4S/c1-3-16-9(13)4-6-12-11(14)10-8(15-2)5-7-17-10/h5,7H,3-4,6H2,1-2H3,(H,12,14). The molecule has 0 aliphatic heterocycles. The molecule has 94 valence electrons. The second-order valence-electron chi connectivity index (χ2n) is 3.13. The highest BCUT2D eigenvalue weighted by atomic mass is 32.1. The number of carbonyl (C=O) groups is 2. The Balaban J connectivity index is 2.37. The summed E-state index contributed by atoms with van der Waals surface area (Å²) in [4.78, 5) is 23.2. The number of rotatable bonds is 6. The van der Waals surface area contributed by atoms with Gasteiger partial charge in [-0.15, -0.1) is 11.3 Å². The third-order valence-corrected chi connectivity index (χ3v) is 2.87. The van der Waals surface area contributed by atoms with Gasteiger partial charge in [-0.2, -0.15) is 0 Å². The number of hydrogen-bond acceptors (Lipinski definition) is 5. The fraction of sp³-hybridized carbons (Fsp3) is 0.455. The maximum absolute atomic E-state index is 11.7. The molecule has 0 saturated heterocycles. The molecule has 0 atom stereocenters. The molecule has 1 rings (SSSR count). The predicted molar refractivity (Wildman–Crippen MR) is 64.5 cm³/mol. The molecule has 0 aliphatic carbocycles. The molecule has 1 heterocycles. The molecule has 0 aromatic carbocycles. The molecular formula is C11H15NO4S. The van der Waals surface area contributed by atoms with Crippen molar-refractivity contribution in [2.45, 2.75) is 13.3 Å². The van der Waals surface area contributed by atoms with Crippen LogP contribution in [0.15, 0.2) is 11.4 Å². The van der Waals surface area contributed by atoms with E-state index >= 15 is 0 Å². The molecule has 0 aliphatic rings. The van der Waals surface area contributed by atoms with Crippen molar-refractivity contribution in [1.29, 1.82) is 0 Å². The molecule has 0 spiro atoms.